The normalized spacial score (nSPS) is 30.4. The van der Waals surface area contributed by atoms with Gasteiger partial charge in [-0.2, -0.15) is 10.1 Å². The van der Waals surface area contributed by atoms with Crippen LogP contribution in [0.4, 0.5) is 0 Å². The Kier molecular flexibility index (Phi) is 2.87. The van der Waals surface area contributed by atoms with Crippen LogP contribution in [0.2, 0.25) is 0 Å². The van der Waals surface area contributed by atoms with Crippen molar-refractivity contribution in [2.24, 2.45) is 35.8 Å². The zero-order chi connectivity index (χ0) is 17.3. The summed E-state index contributed by atoms with van der Waals surface area (Å²) in [7, 11) is 2.01. The van der Waals surface area contributed by atoms with Gasteiger partial charge in [0, 0.05) is 29.2 Å². The maximum absolute atomic E-state index is 12.7. The minimum atomic E-state index is -0.201. The summed E-state index contributed by atoms with van der Waals surface area (Å²) in [5.74, 6) is -0.250. The first-order valence-corrected chi connectivity index (χ1v) is 8.72. The van der Waals surface area contributed by atoms with E-state index in [0.717, 1.165) is 33.6 Å². The van der Waals surface area contributed by atoms with Crippen LogP contribution in [0.25, 0.3) is 10.9 Å². The van der Waals surface area contributed by atoms with E-state index in [0.29, 0.717) is 0 Å². The van der Waals surface area contributed by atoms with E-state index >= 15 is 0 Å². The average Bonchev–Trinajstić information content (AvgIpc) is 3.34. The van der Waals surface area contributed by atoms with Gasteiger partial charge in [-0.1, -0.05) is 30.4 Å². The standard InChI is InChI=1S/C20H19N3O2/c1-11-15(14-5-3-4-6-16(14)22(11)2)10-21-23-19(24)17-12-7-8-13(9-12)18(17)20(23)25/h3-8,10,12-13,17-18H,9H2,1-2H3/b21-10-/t12-,13-,17-,18-/m0/s1. The number of hydrazone groups is 1. The second-order valence-electron chi connectivity index (χ2n) is 7.31. The van der Waals surface area contributed by atoms with Gasteiger partial charge in [-0.05, 0) is 31.2 Å². The van der Waals surface area contributed by atoms with Crippen molar-refractivity contribution in [3.05, 3.63) is 47.7 Å². The molecule has 2 aromatic rings. The summed E-state index contributed by atoms with van der Waals surface area (Å²) in [5, 5.41) is 6.52. The molecule has 0 N–H and O–H groups in total. The summed E-state index contributed by atoms with van der Waals surface area (Å²) in [6.07, 6.45) is 6.80. The predicted molar refractivity (Wildman–Crippen MR) is 94.8 cm³/mol. The number of imide groups is 1. The second-order valence-corrected chi connectivity index (χ2v) is 7.31. The van der Waals surface area contributed by atoms with Crippen LogP contribution >= 0.6 is 0 Å². The Hall–Kier alpha value is -2.69. The van der Waals surface area contributed by atoms with E-state index in [1.54, 1.807) is 6.21 Å². The van der Waals surface area contributed by atoms with Crippen LogP contribution in [0.15, 0.2) is 41.5 Å². The number of amides is 2. The summed E-state index contributed by atoms with van der Waals surface area (Å²) >= 11 is 0. The lowest BCUT2D eigenvalue weighted by Crippen LogP contribution is -2.28. The molecular formula is C20H19N3O2. The van der Waals surface area contributed by atoms with E-state index < -0.39 is 0 Å². The Balaban J connectivity index is 1.52. The number of allylic oxidation sites excluding steroid dienone is 2. The van der Waals surface area contributed by atoms with Gasteiger partial charge in [0.15, 0.2) is 0 Å². The Morgan fingerprint density at radius 1 is 1.08 bits per heavy atom. The maximum Gasteiger partial charge on any atom is 0.254 e. The van der Waals surface area contributed by atoms with Crippen molar-refractivity contribution < 1.29 is 9.59 Å². The highest BCUT2D eigenvalue weighted by Crippen LogP contribution is 2.52. The molecule has 2 bridgehead atoms. The third-order valence-corrected chi connectivity index (χ3v) is 6.20. The molecule has 5 rings (SSSR count). The van der Waals surface area contributed by atoms with Crippen LogP contribution in [0.5, 0.6) is 0 Å². The Labute approximate surface area is 145 Å². The summed E-state index contributed by atoms with van der Waals surface area (Å²) in [5.41, 5.74) is 3.13. The highest BCUT2D eigenvalue weighted by atomic mass is 16.2. The highest BCUT2D eigenvalue weighted by molar-refractivity contribution is 6.08. The third-order valence-electron chi connectivity index (χ3n) is 6.20. The molecule has 0 spiro atoms. The summed E-state index contributed by atoms with van der Waals surface area (Å²) in [4.78, 5) is 25.4. The zero-order valence-electron chi connectivity index (χ0n) is 14.2. The van der Waals surface area contributed by atoms with Crippen molar-refractivity contribution in [3.63, 3.8) is 0 Å². The van der Waals surface area contributed by atoms with Crippen LogP contribution in [0.1, 0.15) is 17.7 Å². The van der Waals surface area contributed by atoms with Crippen LogP contribution in [0.3, 0.4) is 0 Å². The minimum absolute atomic E-state index is 0.138. The second kappa shape index (κ2) is 4.91. The van der Waals surface area contributed by atoms with Crippen molar-refractivity contribution in [2.45, 2.75) is 13.3 Å². The van der Waals surface area contributed by atoms with Crippen molar-refractivity contribution in [2.75, 3.05) is 0 Å². The van der Waals surface area contributed by atoms with Gasteiger partial charge in [0.25, 0.3) is 11.8 Å². The van der Waals surface area contributed by atoms with E-state index in [4.69, 9.17) is 0 Å². The molecule has 3 aliphatic rings. The molecule has 1 aromatic heterocycles. The monoisotopic (exact) mass is 333 g/mol. The smallest absolute Gasteiger partial charge is 0.254 e. The number of benzene rings is 1. The molecule has 2 heterocycles. The van der Waals surface area contributed by atoms with E-state index in [2.05, 4.69) is 27.9 Å². The number of carbonyl (C=O) groups excluding carboxylic acids is 2. The van der Waals surface area contributed by atoms with Crippen molar-refractivity contribution in [1.29, 1.82) is 0 Å². The fraction of sp³-hybridized carbons (Fsp3) is 0.350. The topological polar surface area (TPSA) is 54.7 Å². The predicted octanol–water partition coefficient (Wildman–Crippen LogP) is 2.63. The van der Waals surface area contributed by atoms with Gasteiger partial charge in [0.05, 0.1) is 18.1 Å². The van der Waals surface area contributed by atoms with Gasteiger partial charge in [-0.3, -0.25) is 9.59 Å². The molecule has 1 aromatic carbocycles. The molecule has 1 saturated heterocycles. The Morgan fingerprint density at radius 3 is 2.40 bits per heavy atom. The zero-order valence-corrected chi connectivity index (χ0v) is 14.2. The van der Waals surface area contributed by atoms with Crippen LogP contribution < -0.4 is 0 Å². The highest BCUT2D eigenvalue weighted by Gasteiger charge is 2.59. The molecule has 25 heavy (non-hydrogen) atoms. The lowest BCUT2D eigenvalue weighted by Gasteiger charge is -2.13. The number of rotatable bonds is 2. The minimum Gasteiger partial charge on any atom is -0.347 e. The molecule has 4 atom stereocenters. The van der Waals surface area contributed by atoms with Crippen LogP contribution in [-0.2, 0) is 16.6 Å². The number of hydrogen-bond acceptors (Lipinski definition) is 3. The number of fused-ring (bicyclic) bond motifs is 6. The summed E-state index contributed by atoms with van der Waals surface area (Å²) in [6.45, 7) is 2.02. The van der Waals surface area contributed by atoms with Crippen LogP contribution in [0, 0.1) is 30.6 Å². The SMILES string of the molecule is Cc1c(/C=N\N2C(=O)[C@@H]3[C@@H](C2=O)[C@H]2C=C[C@H]3C2)c2ccccc2n1C. The quantitative estimate of drug-likeness (QED) is 0.482. The number of carbonyl (C=O) groups is 2. The molecular weight excluding hydrogens is 314 g/mol. The average molecular weight is 333 g/mol. The van der Waals surface area contributed by atoms with E-state index in [1.807, 2.05) is 32.2 Å². The first-order chi connectivity index (χ1) is 12.1. The van der Waals surface area contributed by atoms with Crippen molar-refractivity contribution in [1.82, 2.24) is 9.58 Å². The summed E-state index contributed by atoms with van der Waals surface area (Å²) in [6, 6.07) is 8.08. The number of hydrogen-bond donors (Lipinski definition) is 0. The van der Waals surface area contributed by atoms with Gasteiger partial charge < -0.3 is 4.57 Å². The van der Waals surface area contributed by atoms with E-state index in [-0.39, 0.29) is 35.5 Å². The lowest BCUT2D eigenvalue weighted by molar-refractivity contribution is -0.140. The largest absolute Gasteiger partial charge is 0.347 e. The molecule has 1 aliphatic heterocycles. The molecule has 1 saturated carbocycles. The molecule has 5 heteroatoms. The van der Waals surface area contributed by atoms with E-state index in [9.17, 15) is 9.59 Å². The first-order valence-electron chi connectivity index (χ1n) is 8.72. The molecule has 126 valence electrons. The summed E-state index contributed by atoms with van der Waals surface area (Å²) < 4.78 is 2.10. The molecule has 5 nitrogen and oxygen atoms in total. The van der Waals surface area contributed by atoms with E-state index in [1.165, 1.54) is 0 Å². The van der Waals surface area contributed by atoms with Crippen molar-refractivity contribution >= 4 is 28.9 Å². The molecule has 2 fully saturated rings. The molecule has 2 amide bonds. The number of aryl methyl sites for hydroxylation is 1. The van der Waals surface area contributed by atoms with Crippen molar-refractivity contribution in [3.8, 4) is 0 Å². The molecule has 0 unspecified atom stereocenters. The number of aromatic nitrogens is 1. The molecule has 2 aliphatic carbocycles. The van der Waals surface area contributed by atoms with Gasteiger partial charge in [-0.25, -0.2) is 0 Å². The number of nitrogens with zero attached hydrogens (tertiary/aromatic N) is 3. The van der Waals surface area contributed by atoms with Gasteiger partial charge >= 0.3 is 0 Å². The first kappa shape index (κ1) is 14.6. The van der Waals surface area contributed by atoms with Gasteiger partial charge in [0.2, 0.25) is 0 Å². The lowest BCUT2D eigenvalue weighted by atomic mass is 9.85. The fourth-order valence-electron chi connectivity index (χ4n) is 4.83. The van der Waals surface area contributed by atoms with Gasteiger partial charge in [-0.15, -0.1) is 0 Å². The van der Waals surface area contributed by atoms with Crippen LogP contribution in [-0.4, -0.2) is 27.6 Å². The Bertz CT molecular complexity index is 954. The Morgan fingerprint density at radius 2 is 1.72 bits per heavy atom. The molecule has 0 radical (unpaired) electrons. The third kappa shape index (κ3) is 1.81. The maximum atomic E-state index is 12.7. The number of para-hydroxylation sites is 1. The van der Waals surface area contributed by atoms with Gasteiger partial charge in [0.1, 0.15) is 0 Å². The fourth-order valence-corrected chi connectivity index (χ4v) is 4.83.